The molecule has 1 aliphatic rings. The molecule has 0 saturated heterocycles. The van der Waals surface area contributed by atoms with Crippen LogP contribution in [0.5, 0.6) is 5.75 Å². The van der Waals surface area contributed by atoms with Crippen LogP contribution in [0.15, 0.2) is 40.9 Å². The van der Waals surface area contributed by atoms with Crippen molar-refractivity contribution < 1.29 is 4.74 Å². The lowest BCUT2D eigenvalue weighted by molar-refractivity contribution is 0.262. The Morgan fingerprint density at radius 3 is 3.11 bits per heavy atom. The summed E-state index contributed by atoms with van der Waals surface area (Å²) in [6.45, 7) is 4.56. The first-order valence-electron chi connectivity index (χ1n) is 5.78. The van der Waals surface area contributed by atoms with Gasteiger partial charge >= 0.3 is 0 Å². The van der Waals surface area contributed by atoms with Gasteiger partial charge in [-0.2, -0.15) is 0 Å². The Labute approximate surface area is 111 Å². The number of benzene rings is 1. The Morgan fingerprint density at radius 1 is 1.56 bits per heavy atom. The minimum atomic E-state index is 0.127. The van der Waals surface area contributed by atoms with Crippen LogP contribution in [0, 0.1) is 0 Å². The molecular formula is C13H16ClN3O. The van der Waals surface area contributed by atoms with E-state index in [0.29, 0.717) is 24.1 Å². The number of fused-ring (bicyclic) bond motifs is 1. The second kappa shape index (κ2) is 5.78. The molecule has 0 aliphatic carbocycles. The standard InChI is InChI=1S/C13H16ClN3O/c1-9(14)8-16-13(15)17-11-6-7-18-12-5-3-2-4-10(11)12/h2-5,11H,1,6-8H2,(H3,15,16,17). The number of para-hydroxylation sites is 1. The Kier molecular flexibility index (Phi) is 4.10. The molecule has 96 valence electrons. The summed E-state index contributed by atoms with van der Waals surface area (Å²) in [5.41, 5.74) is 6.91. The monoisotopic (exact) mass is 265 g/mol. The number of nitrogens with two attached hydrogens (primary N) is 1. The van der Waals surface area contributed by atoms with Gasteiger partial charge in [0.05, 0.1) is 19.2 Å². The van der Waals surface area contributed by atoms with E-state index in [1.165, 1.54) is 0 Å². The van der Waals surface area contributed by atoms with Crippen LogP contribution in [-0.4, -0.2) is 19.1 Å². The van der Waals surface area contributed by atoms with E-state index in [1.807, 2.05) is 24.3 Å². The van der Waals surface area contributed by atoms with E-state index >= 15 is 0 Å². The summed E-state index contributed by atoms with van der Waals surface area (Å²) >= 11 is 5.64. The van der Waals surface area contributed by atoms with E-state index < -0.39 is 0 Å². The molecule has 0 aromatic heterocycles. The second-order valence-electron chi connectivity index (χ2n) is 4.09. The van der Waals surface area contributed by atoms with Crippen molar-refractivity contribution in [2.75, 3.05) is 13.2 Å². The Morgan fingerprint density at radius 2 is 2.33 bits per heavy atom. The van der Waals surface area contributed by atoms with Crippen molar-refractivity contribution in [1.82, 2.24) is 5.32 Å². The fourth-order valence-corrected chi connectivity index (χ4v) is 1.95. The molecule has 3 N–H and O–H groups in total. The second-order valence-corrected chi connectivity index (χ2v) is 4.63. The van der Waals surface area contributed by atoms with Crippen LogP contribution in [0.4, 0.5) is 0 Å². The number of hydrogen-bond acceptors (Lipinski definition) is 2. The quantitative estimate of drug-likeness (QED) is 0.650. The van der Waals surface area contributed by atoms with Crippen molar-refractivity contribution in [3.63, 3.8) is 0 Å². The smallest absolute Gasteiger partial charge is 0.189 e. The van der Waals surface area contributed by atoms with Crippen molar-refractivity contribution in [2.45, 2.75) is 12.5 Å². The lowest BCUT2D eigenvalue weighted by Gasteiger charge is -2.26. The molecule has 4 nitrogen and oxygen atoms in total. The number of halogens is 1. The number of aliphatic imine (C=N–C) groups is 1. The number of ether oxygens (including phenoxy) is 1. The Bertz CT molecular complexity index is 473. The first kappa shape index (κ1) is 12.8. The van der Waals surface area contributed by atoms with Crippen molar-refractivity contribution in [3.8, 4) is 5.75 Å². The lowest BCUT2D eigenvalue weighted by atomic mass is 10.0. The molecule has 18 heavy (non-hydrogen) atoms. The summed E-state index contributed by atoms with van der Waals surface area (Å²) in [6, 6.07) is 8.05. The molecule has 0 amide bonds. The van der Waals surface area contributed by atoms with Crippen LogP contribution in [0.3, 0.4) is 0 Å². The van der Waals surface area contributed by atoms with Crippen molar-refractivity contribution in [2.24, 2.45) is 10.7 Å². The molecule has 0 bridgehead atoms. The van der Waals surface area contributed by atoms with Gasteiger partial charge in [-0.25, -0.2) is 4.99 Å². The fourth-order valence-electron chi connectivity index (χ4n) is 1.89. The topological polar surface area (TPSA) is 59.6 Å². The zero-order valence-corrected chi connectivity index (χ0v) is 10.8. The molecule has 0 radical (unpaired) electrons. The molecule has 5 heteroatoms. The van der Waals surface area contributed by atoms with Crippen LogP contribution >= 0.6 is 11.6 Å². The Balaban J connectivity index is 2.07. The van der Waals surface area contributed by atoms with E-state index in [2.05, 4.69) is 16.9 Å². The van der Waals surface area contributed by atoms with E-state index in [4.69, 9.17) is 22.1 Å². The maximum absolute atomic E-state index is 5.81. The zero-order valence-electron chi connectivity index (χ0n) is 10.0. The van der Waals surface area contributed by atoms with Gasteiger partial charge < -0.3 is 15.8 Å². The number of nitrogens with one attached hydrogen (secondary N) is 1. The van der Waals surface area contributed by atoms with E-state index in [-0.39, 0.29) is 6.04 Å². The number of hydrogen-bond donors (Lipinski definition) is 2. The summed E-state index contributed by atoms with van der Waals surface area (Å²) < 4.78 is 5.58. The van der Waals surface area contributed by atoms with Crippen LogP contribution in [-0.2, 0) is 0 Å². The normalized spacial score (nSPS) is 18.7. The highest BCUT2D eigenvalue weighted by molar-refractivity contribution is 6.29. The highest BCUT2D eigenvalue weighted by Gasteiger charge is 2.20. The summed E-state index contributed by atoms with van der Waals surface area (Å²) in [7, 11) is 0. The summed E-state index contributed by atoms with van der Waals surface area (Å²) in [6.07, 6.45) is 0.856. The van der Waals surface area contributed by atoms with E-state index in [1.54, 1.807) is 0 Å². The molecule has 2 rings (SSSR count). The first-order chi connectivity index (χ1) is 8.66. The third-order valence-corrected chi connectivity index (χ3v) is 2.82. The van der Waals surface area contributed by atoms with Crippen LogP contribution in [0.1, 0.15) is 18.0 Å². The Hall–Kier alpha value is -1.68. The van der Waals surface area contributed by atoms with E-state index in [9.17, 15) is 0 Å². The zero-order chi connectivity index (χ0) is 13.0. The molecule has 1 heterocycles. The van der Waals surface area contributed by atoms with Crippen LogP contribution in [0.25, 0.3) is 0 Å². The maximum atomic E-state index is 5.81. The van der Waals surface area contributed by atoms with Crippen LogP contribution < -0.4 is 15.8 Å². The highest BCUT2D eigenvalue weighted by Crippen LogP contribution is 2.31. The fraction of sp³-hybridized carbons (Fsp3) is 0.308. The largest absolute Gasteiger partial charge is 0.493 e. The van der Waals surface area contributed by atoms with Crippen LogP contribution in [0.2, 0.25) is 0 Å². The summed E-state index contributed by atoms with van der Waals surface area (Å²) in [5.74, 6) is 1.27. The molecule has 1 aromatic rings. The van der Waals surface area contributed by atoms with Gasteiger partial charge in [0.2, 0.25) is 0 Å². The first-order valence-corrected chi connectivity index (χ1v) is 6.16. The minimum Gasteiger partial charge on any atom is -0.493 e. The average molecular weight is 266 g/mol. The van der Waals surface area contributed by atoms with Gasteiger partial charge in [-0.3, -0.25) is 0 Å². The summed E-state index contributed by atoms with van der Waals surface area (Å²) in [4.78, 5) is 4.10. The predicted molar refractivity (Wildman–Crippen MR) is 73.9 cm³/mol. The molecule has 1 aromatic carbocycles. The highest BCUT2D eigenvalue weighted by atomic mass is 35.5. The SMILES string of the molecule is C=C(Cl)CN=C(N)NC1CCOc2ccccc21. The number of nitrogens with zero attached hydrogens (tertiary/aromatic N) is 1. The van der Waals surface area contributed by atoms with Gasteiger partial charge in [-0.1, -0.05) is 36.4 Å². The third kappa shape index (κ3) is 3.17. The molecular weight excluding hydrogens is 250 g/mol. The number of rotatable bonds is 3. The molecule has 1 atom stereocenters. The van der Waals surface area contributed by atoms with Gasteiger partial charge in [-0.05, 0) is 6.07 Å². The van der Waals surface area contributed by atoms with Gasteiger partial charge in [0.25, 0.3) is 0 Å². The molecule has 1 unspecified atom stereocenters. The van der Waals surface area contributed by atoms with Crippen molar-refractivity contribution >= 4 is 17.6 Å². The van der Waals surface area contributed by atoms with Gasteiger partial charge in [0.1, 0.15) is 5.75 Å². The maximum Gasteiger partial charge on any atom is 0.189 e. The van der Waals surface area contributed by atoms with Crippen molar-refractivity contribution in [1.29, 1.82) is 0 Å². The van der Waals surface area contributed by atoms with Gasteiger partial charge in [0.15, 0.2) is 5.96 Å². The van der Waals surface area contributed by atoms with Gasteiger partial charge in [0, 0.05) is 17.0 Å². The lowest BCUT2D eigenvalue weighted by Crippen LogP contribution is -2.37. The van der Waals surface area contributed by atoms with E-state index in [0.717, 1.165) is 17.7 Å². The van der Waals surface area contributed by atoms with Crippen molar-refractivity contribution in [3.05, 3.63) is 41.4 Å². The molecule has 0 spiro atoms. The summed E-state index contributed by atoms with van der Waals surface area (Å²) in [5, 5.41) is 3.64. The van der Waals surface area contributed by atoms with Gasteiger partial charge in [-0.15, -0.1) is 0 Å². The predicted octanol–water partition coefficient (Wildman–Crippen LogP) is 2.17. The average Bonchev–Trinajstić information content (AvgIpc) is 2.37. The number of guanidine groups is 1. The molecule has 0 fully saturated rings. The molecule has 1 aliphatic heterocycles. The third-order valence-electron chi connectivity index (χ3n) is 2.70. The molecule has 0 saturated carbocycles. The minimum absolute atomic E-state index is 0.127.